The van der Waals surface area contributed by atoms with E-state index in [2.05, 4.69) is 15.1 Å². The van der Waals surface area contributed by atoms with Gasteiger partial charge < -0.3 is 13.8 Å². The number of fused-ring (bicyclic) bond motifs is 1. The number of hydrogen-bond donors (Lipinski definition) is 0. The molecule has 0 aliphatic carbocycles. The number of imidazole rings is 1. The molecule has 7 heteroatoms. The summed E-state index contributed by atoms with van der Waals surface area (Å²) in [5, 5.41) is 4.04. The average molecular weight is 325 g/mol. The van der Waals surface area contributed by atoms with E-state index in [1.54, 1.807) is 13.1 Å². The molecule has 0 radical (unpaired) electrons. The van der Waals surface area contributed by atoms with Crippen LogP contribution in [0, 0.1) is 6.92 Å². The van der Waals surface area contributed by atoms with Crippen LogP contribution in [-0.2, 0) is 0 Å². The predicted octanol–water partition coefficient (Wildman–Crippen LogP) is 2.78. The maximum Gasteiger partial charge on any atom is 0.274 e. The summed E-state index contributed by atoms with van der Waals surface area (Å²) < 4.78 is 6.98. The molecule has 24 heavy (non-hydrogen) atoms. The van der Waals surface area contributed by atoms with E-state index < -0.39 is 0 Å². The zero-order valence-corrected chi connectivity index (χ0v) is 13.6. The number of amides is 1. The number of likely N-dealkylation sites (tertiary alicyclic amines) is 1. The minimum Gasteiger partial charge on any atom is -0.340 e. The van der Waals surface area contributed by atoms with E-state index in [0.29, 0.717) is 24.0 Å². The van der Waals surface area contributed by atoms with E-state index in [1.165, 1.54) is 0 Å². The molecule has 0 N–H and O–H groups in total. The van der Waals surface area contributed by atoms with E-state index in [4.69, 9.17) is 4.52 Å². The third kappa shape index (κ3) is 2.66. The van der Waals surface area contributed by atoms with Crippen molar-refractivity contribution < 1.29 is 9.32 Å². The Morgan fingerprint density at radius 1 is 1.25 bits per heavy atom. The second-order valence-corrected chi connectivity index (χ2v) is 6.13. The monoisotopic (exact) mass is 325 g/mol. The highest BCUT2D eigenvalue weighted by Crippen LogP contribution is 2.29. The summed E-state index contributed by atoms with van der Waals surface area (Å²) in [4.78, 5) is 23.7. The molecule has 1 amide bonds. The molecule has 1 unspecified atom stereocenters. The summed E-state index contributed by atoms with van der Waals surface area (Å²) in [5.41, 5.74) is 1.22. The Bertz CT molecular complexity index is 836. The second kappa shape index (κ2) is 6.07. The lowest BCUT2D eigenvalue weighted by atomic mass is 10.1. The highest BCUT2D eigenvalue weighted by atomic mass is 16.5. The normalized spacial score (nSPS) is 18.7. The Labute approximate surface area is 139 Å². The molecular weight excluding hydrogens is 306 g/mol. The largest absolute Gasteiger partial charge is 0.340 e. The van der Waals surface area contributed by atoms with E-state index in [9.17, 15) is 4.79 Å². The van der Waals surface area contributed by atoms with Gasteiger partial charge in [0.05, 0.1) is 6.04 Å². The molecule has 1 saturated heterocycles. The smallest absolute Gasteiger partial charge is 0.274 e. The van der Waals surface area contributed by atoms with Crippen LogP contribution >= 0.6 is 0 Å². The fourth-order valence-electron chi connectivity index (χ4n) is 3.25. The Morgan fingerprint density at radius 3 is 2.96 bits per heavy atom. The summed E-state index contributed by atoms with van der Waals surface area (Å²) in [6.07, 6.45) is 7.64. The van der Waals surface area contributed by atoms with Crippen LogP contribution < -0.4 is 0 Å². The van der Waals surface area contributed by atoms with Crippen LogP contribution in [0.4, 0.5) is 0 Å². The third-order valence-corrected chi connectivity index (χ3v) is 4.44. The average Bonchev–Trinajstić information content (AvgIpc) is 3.13. The topological polar surface area (TPSA) is 76.5 Å². The lowest BCUT2D eigenvalue weighted by Crippen LogP contribution is -2.35. The number of rotatable bonds is 2. The van der Waals surface area contributed by atoms with Crippen molar-refractivity contribution in [2.24, 2.45) is 0 Å². The van der Waals surface area contributed by atoms with Crippen LogP contribution in [0.1, 0.15) is 53.9 Å². The SMILES string of the molecule is Cc1nc(C2CCCCCN2C(=O)c2cn3ccccc3n2)no1. The van der Waals surface area contributed by atoms with Crippen molar-refractivity contribution in [1.29, 1.82) is 0 Å². The van der Waals surface area contributed by atoms with Crippen molar-refractivity contribution in [3.8, 4) is 0 Å². The molecular formula is C17H19N5O2. The summed E-state index contributed by atoms with van der Waals surface area (Å²) in [6.45, 7) is 2.45. The van der Waals surface area contributed by atoms with Crippen LogP contribution in [0.25, 0.3) is 5.65 Å². The van der Waals surface area contributed by atoms with Gasteiger partial charge in [-0.25, -0.2) is 4.98 Å². The highest BCUT2D eigenvalue weighted by Gasteiger charge is 2.31. The van der Waals surface area contributed by atoms with Crippen molar-refractivity contribution in [1.82, 2.24) is 24.4 Å². The molecule has 0 aromatic carbocycles. The predicted molar refractivity (Wildman–Crippen MR) is 86.5 cm³/mol. The zero-order valence-electron chi connectivity index (χ0n) is 13.6. The van der Waals surface area contributed by atoms with Gasteiger partial charge in [-0.15, -0.1) is 0 Å². The molecule has 7 nitrogen and oxygen atoms in total. The molecule has 4 heterocycles. The first-order chi connectivity index (χ1) is 11.7. The van der Waals surface area contributed by atoms with Gasteiger partial charge in [-0.2, -0.15) is 4.98 Å². The number of aromatic nitrogens is 4. The summed E-state index contributed by atoms with van der Waals surface area (Å²) in [7, 11) is 0. The zero-order chi connectivity index (χ0) is 16.5. The number of carbonyl (C=O) groups is 1. The Morgan fingerprint density at radius 2 is 2.17 bits per heavy atom. The van der Waals surface area contributed by atoms with Crippen LogP contribution in [0.2, 0.25) is 0 Å². The number of pyridine rings is 1. The van der Waals surface area contributed by atoms with Crippen molar-refractivity contribution in [2.75, 3.05) is 6.54 Å². The van der Waals surface area contributed by atoms with Gasteiger partial charge in [0.25, 0.3) is 5.91 Å². The van der Waals surface area contributed by atoms with Gasteiger partial charge in [-0.1, -0.05) is 24.1 Å². The van der Waals surface area contributed by atoms with Crippen LogP contribution in [-0.4, -0.2) is 36.9 Å². The lowest BCUT2D eigenvalue weighted by molar-refractivity contribution is 0.0665. The van der Waals surface area contributed by atoms with Crippen LogP contribution in [0.5, 0.6) is 0 Å². The number of hydrogen-bond acceptors (Lipinski definition) is 5. The quantitative estimate of drug-likeness (QED) is 0.724. The Balaban J connectivity index is 1.68. The second-order valence-electron chi connectivity index (χ2n) is 6.13. The maximum atomic E-state index is 13.1. The van der Waals surface area contributed by atoms with Crippen molar-refractivity contribution >= 4 is 11.6 Å². The van der Waals surface area contributed by atoms with E-state index in [-0.39, 0.29) is 11.9 Å². The molecule has 0 bridgehead atoms. The van der Waals surface area contributed by atoms with Gasteiger partial charge in [0.1, 0.15) is 11.3 Å². The minimum absolute atomic E-state index is 0.0759. The maximum absolute atomic E-state index is 13.1. The molecule has 124 valence electrons. The Kier molecular flexibility index (Phi) is 3.76. The molecule has 4 rings (SSSR count). The standard InChI is InChI=1S/C17H19N5O2/c1-12-18-16(20-24-12)14-7-3-2-5-10-22(14)17(23)13-11-21-9-6-4-8-15(21)19-13/h4,6,8-9,11,14H,2-3,5,7,10H2,1H3. The van der Waals surface area contributed by atoms with E-state index >= 15 is 0 Å². The van der Waals surface area contributed by atoms with Gasteiger partial charge in [0.15, 0.2) is 5.82 Å². The highest BCUT2D eigenvalue weighted by molar-refractivity contribution is 5.93. The molecule has 1 aliphatic rings. The fraction of sp³-hybridized carbons (Fsp3) is 0.412. The van der Waals surface area contributed by atoms with Gasteiger partial charge >= 0.3 is 0 Å². The summed E-state index contributed by atoms with van der Waals surface area (Å²) in [6, 6.07) is 5.56. The first-order valence-electron chi connectivity index (χ1n) is 8.27. The van der Waals surface area contributed by atoms with E-state index in [0.717, 1.165) is 31.3 Å². The Hall–Kier alpha value is -2.70. The van der Waals surface area contributed by atoms with Crippen molar-refractivity contribution in [2.45, 2.75) is 38.6 Å². The third-order valence-electron chi connectivity index (χ3n) is 4.44. The molecule has 1 atom stereocenters. The minimum atomic E-state index is -0.151. The van der Waals surface area contributed by atoms with Crippen molar-refractivity contribution in [3.63, 3.8) is 0 Å². The fourth-order valence-corrected chi connectivity index (χ4v) is 3.25. The van der Waals surface area contributed by atoms with Crippen LogP contribution in [0.15, 0.2) is 35.1 Å². The van der Waals surface area contributed by atoms with Gasteiger partial charge in [-0.05, 0) is 25.0 Å². The number of carbonyl (C=O) groups excluding carboxylic acids is 1. The molecule has 3 aromatic rings. The summed E-state index contributed by atoms with van der Waals surface area (Å²) in [5.74, 6) is 1.04. The van der Waals surface area contributed by atoms with Crippen LogP contribution in [0.3, 0.4) is 0 Å². The molecule has 1 aliphatic heterocycles. The lowest BCUT2D eigenvalue weighted by Gasteiger charge is -2.27. The van der Waals surface area contributed by atoms with Gasteiger partial charge in [0.2, 0.25) is 5.89 Å². The molecule has 0 spiro atoms. The molecule has 1 fully saturated rings. The van der Waals surface area contributed by atoms with Gasteiger partial charge in [-0.3, -0.25) is 4.79 Å². The number of nitrogens with zero attached hydrogens (tertiary/aromatic N) is 5. The summed E-state index contributed by atoms with van der Waals surface area (Å²) >= 11 is 0. The first-order valence-corrected chi connectivity index (χ1v) is 8.27. The van der Waals surface area contributed by atoms with Crippen molar-refractivity contribution in [3.05, 3.63) is 48.0 Å². The number of aryl methyl sites for hydroxylation is 1. The van der Waals surface area contributed by atoms with E-state index in [1.807, 2.05) is 33.7 Å². The molecule has 3 aromatic heterocycles. The van der Waals surface area contributed by atoms with Gasteiger partial charge in [0, 0.05) is 25.9 Å². The molecule has 0 saturated carbocycles. The first kappa shape index (κ1) is 14.9.